The summed E-state index contributed by atoms with van der Waals surface area (Å²) in [5.41, 5.74) is 2.16. The number of nitrogens with zero attached hydrogens (tertiary/aromatic N) is 2. The van der Waals surface area contributed by atoms with Crippen LogP contribution in [0.1, 0.15) is 32.1 Å². The Hall–Kier alpha value is -1.41. The van der Waals surface area contributed by atoms with Gasteiger partial charge in [0.2, 0.25) is 0 Å². The van der Waals surface area contributed by atoms with E-state index in [0.29, 0.717) is 5.54 Å². The summed E-state index contributed by atoms with van der Waals surface area (Å²) in [7, 11) is 0. The Kier molecular flexibility index (Phi) is 2.04. The number of para-hydroxylation sites is 1. The lowest BCUT2D eigenvalue weighted by Gasteiger charge is -2.50. The zero-order valence-corrected chi connectivity index (χ0v) is 11.8. The minimum absolute atomic E-state index is 0.150. The van der Waals surface area contributed by atoms with Crippen molar-refractivity contribution >= 4 is 5.57 Å². The summed E-state index contributed by atoms with van der Waals surface area (Å²) in [5.74, 6) is 0. The van der Waals surface area contributed by atoms with E-state index in [0.717, 1.165) is 6.54 Å². The van der Waals surface area contributed by atoms with E-state index >= 15 is 0 Å². The molecule has 4 aliphatic heterocycles. The van der Waals surface area contributed by atoms with Crippen LogP contribution in [0, 0.1) is 0 Å². The van der Waals surface area contributed by atoms with Crippen molar-refractivity contribution in [1.29, 1.82) is 0 Å². The van der Waals surface area contributed by atoms with Crippen LogP contribution in [0.3, 0.4) is 0 Å². The van der Waals surface area contributed by atoms with Gasteiger partial charge in [-0.1, -0.05) is 30.4 Å². The van der Waals surface area contributed by atoms with E-state index < -0.39 is 0 Å². The highest BCUT2D eigenvalue weighted by Crippen LogP contribution is 2.50. The smallest absolute Gasteiger partial charge is 0.0835 e. The van der Waals surface area contributed by atoms with Crippen molar-refractivity contribution in [2.24, 2.45) is 4.99 Å². The Balaban J connectivity index is 1.71. The van der Waals surface area contributed by atoms with Crippen LogP contribution in [0.25, 0.3) is 5.57 Å². The highest BCUT2D eigenvalue weighted by molar-refractivity contribution is 5.60. The fraction of sp³-hybridized carbons (Fsp3) is 0.500. The normalized spacial score (nSPS) is 37.9. The zero-order valence-electron chi connectivity index (χ0n) is 11.8. The molecule has 1 aromatic carbocycles. The first-order valence-electron chi connectivity index (χ1n) is 7.93. The van der Waals surface area contributed by atoms with Gasteiger partial charge < -0.3 is 0 Å². The van der Waals surface area contributed by atoms with Gasteiger partial charge in [-0.2, -0.15) is 0 Å². The molecule has 0 amide bonds. The van der Waals surface area contributed by atoms with E-state index in [9.17, 15) is 0 Å². The summed E-state index contributed by atoms with van der Waals surface area (Å²) < 4.78 is 0. The summed E-state index contributed by atoms with van der Waals surface area (Å²) >= 11 is 0. The first-order valence-corrected chi connectivity index (χ1v) is 7.93. The number of fused-ring (bicyclic) bond motifs is 4. The van der Waals surface area contributed by atoms with E-state index in [4.69, 9.17) is 4.99 Å². The third-order valence-corrected chi connectivity index (χ3v) is 6.08. The molecule has 2 bridgehead atoms. The van der Waals surface area contributed by atoms with E-state index in [2.05, 4.69) is 41.3 Å². The van der Waals surface area contributed by atoms with Crippen LogP contribution in [-0.2, 0) is 0 Å². The Morgan fingerprint density at radius 3 is 2.80 bits per heavy atom. The van der Waals surface area contributed by atoms with Crippen LogP contribution >= 0.6 is 0 Å². The quantitative estimate of drug-likeness (QED) is 0.652. The molecular formula is C18H20N2. The summed E-state index contributed by atoms with van der Waals surface area (Å²) in [6.07, 6.45) is 11.1. The van der Waals surface area contributed by atoms with Crippen molar-refractivity contribution in [3.05, 3.63) is 47.0 Å². The maximum atomic E-state index is 5.19. The van der Waals surface area contributed by atoms with Crippen LogP contribution in [0.15, 0.2) is 41.4 Å². The first kappa shape index (κ1) is 11.3. The van der Waals surface area contributed by atoms with Crippen LogP contribution in [0.4, 0.5) is 0 Å². The van der Waals surface area contributed by atoms with Crippen molar-refractivity contribution in [3.63, 3.8) is 0 Å². The molecular weight excluding hydrogens is 244 g/mol. The molecule has 3 fully saturated rings. The third kappa shape index (κ3) is 1.26. The lowest BCUT2D eigenvalue weighted by atomic mass is 9.67. The fourth-order valence-corrected chi connectivity index (χ4v) is 4.98. The second-order valence-corrected chi connectivity index (χ2v) is 6.84. The number of rotatable bonds is 0. The second-order valence-electron chi connectivity index (χ2n) is 6.84. The first-order chi connectivity index (χ1) is 9.81. The maximum Gasteiger partial charge on any atom is 0.0835 e. The maximum absolute atomic E-state index is 5.19. The van der Waals surface area contributed by atoms with Crippen LogP contribution < -0.4 is 10.6 Å². The molecule has 1 aromatic rings. The monoisotopic (exact) mass is 264 g/mol. The molecule has 2 heteroatoms. The van der Waals surface area contributed by atoms with Crippen molar-refractivity contribution in [1.82, 2.24) is 4.90 Å². The summed E-state index contributed by atoms with van der Waals surface area (Å²) in [5, 5.41) is 2.69. The highest BCUT2D eigenvalue weighted by atomic mass is 15.2. The molecule has 2 saturated heterocycles. The summed E-state index contributed by atoms with van der Waals surface area (Å²) in [6.45, 7) is 2.35. The van der Waals surface area contributed by atoms with E-state index in [1.165, 1.54) is 49.2 Å². The number of hydrogen-bond acceptors (Lipinski definition) is 2. The molecule has 1 aliphatic carbocycles. The SMILES string of the molecule is C1=CC23CCC4(CC2)N=c2ccccc2=C4CCN3C1. The summed E-state index contributed by atoms with van der Waals surface area (Å²) in [6, 6.07) is 8.79. The van der Waals surface area contributed by atoms with Gasteiger partial charge >= 0.3 is 0 Å². The molecule has 102 valence electrons. The zero-order chi connectivity index (χ0) is 13.2. The average molecular weight is 264 g/mol. The van der Waals surface area contributed by atoms with Crippen molar-refractivity contribution in [3.8, 4) is 0 Å². The Labute approximate surface area is 119 Å². The molecule has 0 N–H and O–H groups in total. The molecule has 20 heavy (non-hydrogen) atoms. The molecule has 2 spiro atoms. The molecule has 0 unspecified atom stereocenters. The van der Waals surface area contributed by atoms with Gasteiger partial charge in [0.15, 0.2) is 0 Å². The van der Waals surface area contributed by atoms with Gasteiger partial charge in [-0.25, -0.2) is 0 Å². The van der Waals surface area contributed by atoms with Gasteiger partial charge in [0.25, 0.3) is 0 Å². The largest absolute Gasteiger partial charge is 0.290 e. The predicted molar refractivity (Wildman–Crippen MR) is 79.9 cm³/mol. The van der Waals surface area contributed by atoms with Gasteiger partial charge in [-0.3, -0.25) is 9.89 Å². The molecule has 4 heterocycles. The van der Waals surface area contributed by atoms with Crippen molar-refractivity contribution in [2.45, 2.75) is 43.2 Å². The van der Waals surface area contributed by atoms with Crippen LogP contribution in [-0.4, -0.2) is 29.1 Å². The molecule has 0 atom stereocenters. The summed E-state index contributed by atoms with van der Waals surface area (Å²) in [4.78, 5) is 7.91. The molecule has 1 saturated carbocycles. The van der Waals surface area contributed by atoms with Gasteiger partial charge in [-0.05, 0) is 43.7 Å². The van der Waals surface area contributed by atoms with Crippen molar-refractivity contribution in [2.75, 3.05) is 13.1 Å². The lowest BCUT2D eigenvalue weighted by Crippen LogP contribution is -2.53. The second kappa shape index (κ2) is 3.62. The van der Waals surface area contributed by atoms with Gasteiger partial charge in [-0.15, -0.1) is 0 Å². The van der Waals surface area contributed by atoms with Gasteiger partial charge in [0, 0.05) is 23.8 Å². The minimum atomic E-state index is 0.150. The van der Waals surface area contributed by atoms with Crippen molar-refractivity contribution < 1.29 is 0 Å². The topological polar surface area (TPSA) is 15.6 Å². The van der Waals surface area contributed by atoms with E-state index in [1.54, 1.807) is 5.57 Å². The van der Waals surface area contributed by atoms with Crippen LogP contribution in [0.5, 0.6) is 0 Å². The van der Waals surface area contributed by atoms with Gasteiger partial charge in [0.05, 0.1) is 10.9 Å². The van der Waals surface area contributed by atoms with Crippen LogP contribution in [0.2, 0.25) is 0 Å². The molecule has 0 aromatic heterocycles. The van der Waals surface area contributed by atoms with Gasteiger partial charge in [0.1, 0.15) is 0 Å². The van der Waals surface area contributed by atoms with E-state index in [-0.39, 0.29) is 5.54 Å². The molecule has 2 nitrogen and oxygen atoms in total. The molecule has 5 aliphatic rings. The fourth-order valence-electron chi connectivity index (χ4n) is 4.98. The molecule has 0 radical (unpaired) electrons. The van der Waals surface area contributed by atoms with E-state index in [1.807, 2.05) is 0 Å². The Morgan fingerprint density at radius 2 is 1.90 bits per heavy atom. The average Bonchev–Trinajstić information content (AvgIpc) is 2.96. The predicted octanol–water partition coefficient (Wildman–Crippen LogP) is 1.80. The number of benzene rings is 1. The molecule has 6 rings (SSSR count). The third-order valence-electron chi connectivity index (χ3n) is 6.08. The minimum Gasteiger partial charge on any atom is -0.290 e. The number of hydrogen-bond donors (Lipinski definition) is 0. The lowest BCUT2D eigenvalue weighted by molar-refractivity contribution is 0.0911. The Bertz CT molecular complexity index is 720. The Morgan fingerprint density at radius 1 is 1.05 bits per heavy atom. The standard InChI is InChI=1S/C18H20N2/c1-2-5-16-14(4-1)15-6-13-20-12-3-7-17(20)8-10-18(15,19-16)11-9-17/h1-5,7H,6,8-13H2. The highest BCUT2D eigenvalue weighted by Gasteiger charge is 2.50.